The Morgan fingerprint density at radius 1 is 0.968 bits per heavy atom. The summed E-state index contributed by atoms with van der Waals surface area (Å²) in [5, 5.41) is 29.9. The second-order valence-electron chi connectivity index (χ2n) is 8.63. The third-order valence-electron chi connectivity index (χ3n) is 6.18. The second-order valence-corrected chi connectivity index (χ2v) is 8.63. The summed E-state index contributed by atoms with van der Waals surface area (Å²) < 4.78 is 17.5. The lowest BCUT2D eigenvalue weighted by atomic mass is 9.86. The molecule has 3 N–H and O–H groups in total. The summed E-state index contributed by atoms with van der Waals surface area (Å²) in [5.74, 6) is 1.57. The summed E-state index contributed by atoms with van der Waals surface area (Å²) in [6, 6.07) is 12.4. The lowest BCUT2D eigenvalue weighted by molar-refractivity contribution is -0.198. The predicted molar refractivity (Wildman–Crippen MR) is 117 cm³/mol. The Morgan fingerprint density at radius 2 is 1.74 bits per heavy atom. The molecule has 168 valence electrons. The Balaban J connectivity index is 1.62. The third kappa shape index (κ3) is 4.88. The van der Waals surface area contributed by atoms with Crippen molar-refractivity contribution in [3.8, 4) is 11.5 Å². The van der Waals surface area contributed by atoms with Crippen LogP contribution in [0.15, 0.2) is 36.4 Å². The number of hydrogen-bond acceptors (Lipinski definition) is 6. The molecule has 2 aliphatic heterocycles. The van der Waals surface area contributed by atoms with E-state index in [9.17, 15) is 15.3 Å². The minimum absolute atomic E-state index is 0.231. The van der Waals surface area contributed by atoms with E-state index in [1.165, 1.54) is 11.1 Å². The van der Waals surface area contributed by atoms with E-state index in [4.69, 9.17) is 14.2 Å². The van der Waals surface area contributed by atoms with Crippen molar-refractivity contribution >= 4 is 0 Å². The van der Waals surface area contributed by atoms with Gasteiger partial charge in [0.1, 0.15) is 18.8 Å². The zero-order valence-electron chi connectivity index (χ0n) is 18.0. The van der Waals surface area contributed by atoms with Gasteiger partial charge in [-0.3, -0.25) is 0 Å². The molecule has 0 bridgehead atoms. The van der Waals surface area contributed by atoms with Crippen LogP contribution in [-0.2, 0) is 17.6 Å². The van der Waals surface area contributed by atoms with E-state index in [-0.39, 0.29) is 25.7 Å². The number of benzene rings is 2. The molecule has 2 aromatic carbocycles. The van der Waals surface area contributed by atoms with Gasteiger partial charge in [0.2, 0.25) is 0 Å². The monoisotopic (exact) mass is 428 g/mol. The molecule has 0 aliphatic carbocycles. The fourth-order valence-electron chi connectivity index (χ4n) is 4.56. The Hall–Kier alpha value is -2.12. The number of fused-ring (bicyclic) bond motifs is 1. The van der Waals surface area contributed by atoms with Gasteiger partial charge in [-0.05, 0) is 47.2 Å². The predicted octanol–water partition coefficient (Wildman–Crippen LogP) is 2.94. The molecular weight excluding hydrogens is 396 g/mol. The minimum atomic E-state index is -1.11. The molecule has 6 heteroatoms. The first-order valence-electron chi connectivity index (χ1n) is 11.1. The van der Waals surface area contributed by atoms with E-state index in [1.807, 2.05) is 18.2 Å². The zero-order valence-corrected chi connectivity index (χ0v) is 18.0. The SMILES string of the molecule is CCCc1ccc(C2CC(O)CC(CO)(CO)O2)cc1Cc1ccc2c(c1)OCCO2. The van der Waals surface area contributed by atoms with Crippen LogP contribution in [0.4, 0.5) is 0 Å². The molecule has 0 saturated carbocycles. The van der Waals surface area contributed by atoms with Crippen LogP contribution in [-0.4, -0.2) is 53.5 Å². The summed E-state index contributed by atoms with van der Waals surface area (Å²) in [7, 11) is 0. The fraction of sp³-hybridized carbons (Fsp3) is 0.520. The van der Waals surface area contributed by atoms with Gasteiger partial charge in [0.25, 0.3) is 0 Å². The van der Waals surface area contributed by atoms with E-state index in [2.05, 4.69) is 25.1 Å². The first-order valence-corrected chi connectivity index (χ1v) is 11.1. The van der Waals surface area contributed by atoms with Crippen molar-refractivity contribution < 1.29 is 29.5 Å². The number of hydrogen-bond donors (Lipinski definition) is 3. The van der Waals surface area contributed by atoms with Crippen molar-refractivity contribution in [2.75, 3.05) is 26.4 Å². The topological polar surface area (TPSA) is 88.4 Å². The van der Waals surface area contributed by atoms with Crippen LogP contribution in [0.5, 0.6) is 11.5 Å². The lowest BCUT2D eigenvalue weighted by Gasteiger charge is -2.41. The number of ether oxygens (including phenoxy) is 3. The number of aliphatic hydroxyl groups is 3. The quantitative estimate of drug-likeness (QED) is 0.629. The van der Waals surface area contributed by atoms with Crippen LogP contribution in [0, 0.1) is 0 Å². The van der Waals surface area contributed by atoms with Crippen LogP contribution < -0.4 is 9.47 Å². The molecule has 31 heavy (non-hydrogen) atoms. The average Bonchev–Trinajstić information content (AvgIpc) is 2.79. The summed E-state index contributed by atoms with van der Waals surface area (Å²) in [6.07, 6.45) is 2.44. The van der Waals surface area contributed by atoms with Crippen LogP contribution in [0.3, 0.4) is 0 Å². The molecule has 1 saturated heterocycles. The molecule has 0 spiro atoms. The molecule has 2 aromatic rings. The van der Waals surface area contributed by atoms with Crippen LogP contribution in [0.25, 0.3) is 0 Å². The van der Waals surface area contributed by atoms with Crippen molar-refractivity contribution in [1.29, 1.82) is 0 Å². The van der Waals surface area contributed by atoms with Crippen molar-refractivity contribution in [2.24, 2.45) is 0 Å². The molecule has 2 aliphatic rings. The van der Waals surface area contributed by atoms with Gasteiger partial charge in [-0.25, -0.2) is 0 Å². The van der Waals surface area contributed by atoms with Gasteiger partial charge in [0, 0.05) is 12.8 Å². The molecule has 0 amide bonds. The van der Waals surface area contributed by atoms with Crippen LogP contribution in [0.1, 0.15) is 54.5 Å². The molecule has 2 atom stereocenters. The summed E-state index contributed by atoms with van der Waals surface area (Å²) in [6.45, 7) is 2.65. The third-order valence-corrected chi connectivity index (χ3v) is 6.18. The molecule has 0 aromatic heterocycles. The van der Waals surface area contributed by atoms with Gasteiger partial charge in [-0.15, -0.1) is 0 Å². The maximum atomic E-state index is 10.4. The standard InChI is InChI=1S/C25H32O6/c1-2-3-18-5-6-19(23-13-21(28)14-25(15-26,16-27)31-23)12-20(18)10-17-4-7-22-24(11-17)30-9-8-29-22/h4-7,11-12,21,23,26-28H,2-3,8-10,13-16H2,1H3. The first-order chi connectivity index (χ1) is 15.1. The number of aliphatic hydroxyl groups excluding tert-OH is 3. The van der Waals surface area contributed by atoms with Crippen LogP contribution >= 0.6 is 0 Å². The molecule has 1 fully saturated rings. The first kappa shape index (κ1) is 22.1. The van der Waals surface area contributed by atoms with Gasteiger partial charge >= 0.3 is 0 Å². The van der Waals surface area contributed by atoms with Gasteiger partial charge in [-0.1, -0.05) is 37.6 Å². The second kappa shape index (κ2) is 9.57. The van der Waals surface area contributed by atoms with Gasteiger partial charge in [-0.2, -0.15) is 0 Å². The summed E-state index contributed by atoms with van der Waals surface area (Å²) in [4.78, 5) is 0. The number of rotatable bonds is 7. The van der Waals surface area contributed by atoms with Crippen LogP contribution in [0.2, 0.25) is 0 Å². The Bertz CT molecular complexity index is 892. The Morgan fingerprint density at radius 3 is 2.48 bits per heavy atom. The average molecular weight is 429 g/mol. The molecule has 4 rings (SSSR count). The smallest absolute Gasteiger partial charge is 0.161 e. The summed E-state index contributed by atoms with van der Waals surface area (Å²) >= 11 is 0. The van der Waals surface area contributed by atoms with Crippen molar-refractivity contribution in [1.82, 2.24) is 0 Å². The minimum Gasteiger partial charge on any atom is -0.486 e. The Kier molecular flexibility index (Phi) is 6.82. The van der Waals surface area contributed by atoms with Crippen molar-refractivity contribution in [3.63, 3.8) is 0 Å². The highest BCUT2D eigenvalue weighted by atomic mass is 16.6. The highest BCUT2D eigenvalue weighted by Gasteiger charge is 2.41. The van der Waals surface area contributed by atoms with Gasteiger partial charge in [0.15, 0.2) is 11.5 Å². The maximum absolute atomic E-state index is 10.4. The highest BCUT2D eigenvalue weighted by molar-refractivity contribution is 5.46. The van der Waals surface area contributed by atoms with E-state index in [1.54, 1.807) is 0 Å². The fourth-order valence-corrected chi connectivity index (χ4v) is 4.56. The molecule has 0 radical (unpaired) electrons. The van der Waals surface area contributed by atoms with Gasteiger partial charge < -0.3 is 29.5 Å². The molecule has 2 heterocycles. The normalized spacial score (nSPS) is 22.3. The highest BCUT2D eigenvalue weighted by Crippen LogP contribution is 2.38. The van der Waals surface area contributed by atoms with Crippen molar-refractivity contribution in [2.45, 2.75) is 56.8 Å². The molecule has 6 nitrogen and oxygen atoms in total. The van der Waals surface area contributed by atoms with E-state index in [0.717, 1.165) is 41.9 Å². The zero-order chi connectivity index (χ0) is 21.8. The Labute approximate surface area is 183 Å². The van der Waals surface area contributed by atoms with E-state index < -0.39 is 11.7 Å². The maximum Gasteiger partial charge on any atom is 0.161 e. The molecule has 2 unspecified atom stereocenters. The largest absolute Gasteiger partial charge is 0.486 e. The lowest BCUT2D eigenvalue weighted by Crippen LogP contribution is -2.48. The number of aryl methyl sites for hydroxylation is 1. The van der Waals surface area contributed by atoms with Crippen molar-refractivity contribution in [3.05, 3.63) is 58.7 Å². The van der Waals surface area contributed by atoms with Gasteiger partial charge in [0.05, 0.1) is 25.4 Å². The van der Waals surface area contributed by atoms with E-state index in [0.29, 0.717) is 19.6 Å². The van der Waals surface area contributed by atoms with E-state index >= 15 is 0 Å². The molecular formula is C25H32O6. The summed E-state index contributed by atoms with van der Waals surface area (Å²) in [5.41, 5.74) is 3.48.